The quantitative estimate of drug-likeness (QED) is 0.509. The maximum atomic E-state index is 12.7. The van der Waals surface area contributed by atoms with Crippen LogP contribution in [0.3, 0.4) is 0 Å². The number of amides is 2. The first kappa shape index (κ1) is 21.3. The minimum Gasteiger partial charge on any atom is -0.326 e. The molecule has 6 heteroatoms. The van der Waals surface area contributed by atoms with Crippen molar-refractivity contribution in [3.63, 3.8) is 0 Å². The molecule has 2 amide bonds. The summed E-state index contributed by atoms with van der Waals surface area (Å²) in [6.07, 6.45) is 2.76. The van der Waals surface area contributed by atoms with E-state index in [2.05, 4.69) is 5.32 Å². The summed E-state index contributed by atoms with van der Waals surface area (Å²) in [7, 11) is 0. The van der Waals surface area contributed by atoms with Crippen LogP contribution in [0, 0.1) is 20.8 Å². The minimum absolute atomic E-state index is 0.0578. The van der Waals surface area contributed by atoms with E-state index >= 15 is 0 Å². The SMILES string of the molecule is Cc1ccc(/C=C2/SC(=S)N(CCCC(=O)Nc3ccc(C)cc3C)C2=O)cc1. The van der Waals surface area contributed by atoms with Gasteiger partial charge in [0.1, 0.15) is 4.32 Å². The van der Waals surface area contributed by atoms with Crippen molar-refractivity contribution in [1.29, 1.82) is 0 Å². The average molecular weight is 425 g/mol. The van der Waals surface area contributed by atoms with E-state index in [1.807, 2.05) is 69.3 Å². The average Bonchev–Trinajstić information content (AvgIpc) is 2.93. The molecule has 1 aliphatic rings. The second-order valence-corrected chi connectivity index (χ2v) is 8.89. The molecule has 3 rings (SSSR count). The third kappa shape index (κ3) is 5.55. The first-order chi connectivity index (χ1) is 13.8. The highest BCUT2D eigenvalue weighted by atomic mass is 32.2. The van der Waals surface area contributed by atoms with Crippen molar-refractivity contribution in [2.24, 2.45) is 0 Å². The van der Waals surface area contributed by atoms with E-state index in [1.54, 1.807) is 4.90 Å². The number of carbonyl (C=O) groups is 2. The van der Waals surface area contributed by atoms with Gasteiger partial charge in [0, 0.05) is 18.7 Å². The van der Waals surface area contributed by atoms with Crippen molar-refractivity contribution in [1.82, 2.24) is 4.90 Å². The second-order valence-electron chi connectivity index (χ2n) is 7.21. The first-order valence-corrected chi connectivity index (χ1v) is 10.7. The summed E-state index contributed by atoms with van der Waals surface area (Å²) in [4.78, 5) is 27.1. The van der Waals surface area contributed by atoms with Gasteiger partial charge in [0.25, 0.3) is 5.91 Å². The number of hydrogen-bond acceptors (Lipinski definition) is 4. The van der Waals surface area contributed by atoms with Gasteiger partial charge in [0.05, 0.1) is 4.91 Å². The largest absolute Gasteiger partial charge is 0.326 e. The van der Waals surface area contributed by atoms with Crippen molar-refractivity contribution >= 4 is 51.9 Å². The van der Waals surface area contributed by atoms with E-state index in [0.717, 1.165) is 22.4 Å². The molecule has 2 aromatic rings. The molecular formula is C23H24N2O2S2. The highest BCUT2D eigenvalue weighted by molar-refractivity contribution is 8.26. The Balaban J connectivity index is 1.54. The molecule has 150 valence electrons. The Morgan fingerprint density at radius 2 is 1.79 bits per heavy atom. The monoisotopic (exact) mass is 424 g/mol. The Bertz CT molecular complexity index is 981. The maximum absolute atomic E-state index is 12.7. The molecule has 0 bridgehead atoms. The van der Waals surface area contributed by atoms with Gasteiger partial charge in [-0.05, 0) is 50.5 Å². The summed E-state index contributed by atoms with van der Waals surface area (Å²) in [5, 5.41) is 2.94. The van der Waals surface area contributed by atoms with E-state index in [4.69, 9.17) is 12.2 Å². The number of carbonyl (C=O) groups excluding carboxylic acids is 2. The molecule has 4 nitrogen and oxygen atoms in total. The van der Waals surface area contributed by atoms with Crippen LogP contribution in [0.5, 0.6) is 0 Å². The fourth-order valence-corrected chi connectivity index (χ4v) is 4.38. The van der Waals surface area contributed by atoms with E-state index in [1.165, 1.54) is 17.3 Å². The van der Waals surface area contributed by atoms with Crippen LogP contribution in [-0.4, -0.2) is 27.6 Å². The maximum Gasteiger partial charge on any atom is 0.266 e. The Labute approximate surface area is 181 Å². The number of aryl methyl sites for hydroxylation is 3. The second kappa shape index (κ2) is 9.37. The molecule has 1 fully saturated rings. The molecule has 1 saturated heterocycles. The standard InChI is InChI=1S/C23H24N2O2S2/c1-15-6-9-18(10-7-15)14-20-22(27)25(23(28)29-20)12-4-5-21(26)24-19-11-8-16(2)13-17(19)3/h6-11,13-14H,4-5,12H2,1-3H3,(H,24,26)/b20-14+. The minimum atomic E-state index is -0.0876. The summed E-state index contributed by atoms with van der Waals surface area (Å²) in [5.41, 5.74) is 5.18. The smallest absolute Gasteiger partial charge is 0.266 e. The third-order valence-corrected chi connectivity index (χ3v) is 6.07. The van der Waals surface area contributed by atoms with Gasteiger partial charge in [-0.1, -0.05) is 71.5 Å². The molecule has 0 spiro atoms. The molecule has 0 atom stereocenters. The number of thioether (sulfide) groups is 1. The summed E-state index contributed by atoms with van der Waals surface area (Å²) in [5.74, 6) is -0.145. The van der Waals surface area contributed by atoms with Crippen LogP contribution in [-0.2, 0) is 9.59 Å². The van der Waals surface area contributed by atoms with Crippen LogP contribution in [0.2, 0.25) is 0 Å². The Hall–Kier alpha value is -2.44. The fourth-order valence-electron chi connectivity index (χ4n) is 3.07. The van der Waals surface area contributed by atoms with Crippen LogP contribution in [0.15, 0.2) is 47.4 Å². The van der Waals surface area contributed by atoms with Crippen molar-refractivity contribution in [3.8, 4) is 0 Å². The predicted molar refractivity (Wildman–Crippen MR) is 125 cm³/mol. The highest BCUT2D eigenvalue weighted by Crippen LogP contribution is 2.32. The molecule has 2 aromatic carbocycles. The van der Waals surface area contributed by atoms with Gasteiger partial charge in [-0.15, -0.1) is 0 Å². The van der Waals surface area contributed by atoms with Gasteiger partial charge in [-0.3, -0.25) is 14.5 Å². The lowest BCUT2D eigenvalue weighted by molar-refractivity contribution is -0.122. The normalized spacial score (nSPS) is 15.3. The van der Waals surface area contributed by atoms with Crippen LogP contribution in [0.25, 0.3) is 6.08 Å². The molecule has 1 aliphatic heterocycles. The zero-order valence-corrected chi connectivity index (χ0v) is 18.5. The van der Waals surface area contributed by atoms with Crippen LogP contribution >= 0.6 is 24.0 Å². The number of hydrogen-bond donors (Lipinski definition) is 1. The van der Waals surface area contributed by atoms with Crippen molar-refractivity contribution in [2.75, 3.05) is 11.9 Å². The number of anilines is 1. The van der Waals surface area contributed by atoms with Gasteiger partial charge in [-0.2, -0.15) is 0 Å². The predicted octanol–water partition coefficient (Wildman–Crippen LogP) is 5.23. The molecule has 0 saturated carbocycles. The van der Waals surface area contributed by atoms with E-state index in [-0.39, 0.29) is 11.8 Å². The summed E-state index contributed by atoms with van der Waals surface area (Å²) >= 11 is 6.69. The summed E-state index contributed by atoms with van der Waals surface area (Å²) < 4.78 is 0.545. The Kier molecular flexibility index (Phi) is 6.87. The van der Waals surface area contributed by atoms with E-state index < -0.39 is 0 Å². The van der Waals surface area contributed by atoms with Gasteiger partial charge in [0.15, 0.2) is 0 Å². The van der Waals surface area contributed by atoms with Gasteiger partial charge < -0.3 is 5.32 Å². The van der Waals surface area contributed by atoms with Crippen molar-refractivity contribution in [2.45, 2.75) is 33.6 Å². The first-order valence-electron chi connectivity index (χ1n) is 9.52. The van der Waals surface area contributed by atoms with Crippen LogP contribution < -0.4 is 5.32 Å². The topological polar surface area (TPSA) is 49.4 Å². The summed E-state index contributed by atoms with van der Waals surface area (Å²) in [6.45, 7) is 6.47. The number of nitrogens with one attached hydrogen (secondary N) is 1. The molecule has 1 N–H and O–H groups in total. The fraction of sp³-hybridized carbons (Fsp3) is 0.261. The number of nitrogens with zero attached hydrogens (tertiary/aromatic N) is 1. The van der Waals surface area contributed by atoms with Gasteiger partial charge in [-0.25, -0.2) is 0 Å². The van der Waals surface area contributed by atoms with Crippen LogP contribution in [0.4, 0.5) is 5.69 Å². The van der Waals surface area contributed by atoms with E-state index in [9.17, 15) is 9.59 Å². The molecule has 0 radical (unpaired) electrons. The lowest BCUT2D eigenvalue weighted by Crippen LogP contribution is -2.29. The Morgan fingerprint density at radius 3 is 2.48 bits per heavy atom. The van der Waals surface area contributed by atoms with Crippen LogP contribution in [0.1, 0.15) is 35.1 Å². The highest BCUT2D eigenvalue weighted by Gasteiger charge is 2.31. The lowest BCUT2D eigenvalue weighted by Gasteiger charge is -2.14. The van der Waals surface area contributed by atoms with E-state index in [0.29, 0.717) is 28.6 Å². The van der Waals surface area contributed by atoms with Gasteiger partial charge in [0.2, 0.25) is 5.91 Å². The molecule has 0 aromatic heterocycles. The zero-order chi connectivity index (χ0) is 21.0. The van der Waals surface area contributed by atoms with Gasteiger partial charge >= 0.3 is 0 Å². The zero-order valence-electron chi connectivity index (χ0n) is 16.8. The molecule has 0 aliphatic carbocycles. The summed E-state index contributed by atoms with van der Waals surface area (Å²) in [6, 6.07) is 13.9. The molecule has 0 unspecified atom stereocenters. The third-order valence-electron chi connectivity index (χ3n) is 4.69. The molecule has 1 heterocycles. The molecule has 29 heavy (non-hydrogen) atoms. The number of rotatable bonds is 6. The number of benzene rings is 2. The Morgan fingerprint density at radius 1 is 1.10 bits per heavy atom. The van der Waals surface area contributed by atoms with Crippen molar-refractivity contribution in [3.05, 3.63) is 69.6 Å². The van der Waals surface area contributed by atoms with Crippen molar-refractivity contribution < 1.29 is 9.59 Å². The number of thiocarbonyl (C=S) groups is 1. The molecular weight excluding hydrogens is 400 g/mol. The lowest BCUT2D eigenvalue weighted by atomic mass is 10.1.